The number of nitrogens with one attached hydrogen (secondary N) is 1. The highest BCUT2D eigenvalue weighted by atomic mass is 16.5. The summed E-state index contributed by atoms with van der Waals surface area (Å²) in [5.74, 6) is -0.513. The van der Waals surface area contributed by atoms with Gasteiger partial charge in [-0.15, -0.1) is 0 Å². The number of hydrogen-bond acceptors (Lipinski definition) is 4. The summed E-state index contributed by atoms with van der Waals surface area (Å²) in [6, 6.07) is 0. The first-order valence-corrected chi connectivity index (χ1v) is 5.57. The summed E-state index contributed by atoms with van der Waals surface area (Å²) in [7, 11) is 3.13. The normalized spacial score (nSPS) is 12.0. The molecule has 94 valence electrons. The van der Waals surface area contributed by atoms with E-state index in [2.05, 4.69) is 10.1 Å². The molecule has 0 saturated heterocycles. The van der Waals surface area contributed by atoms with Crippen molar-refractivity contribution in [3.63, 3.8) is 0 Å². The van der Waals surface area contributed by atoms with Crippen molar-refractivity contribution < 1.29 is 14.3 Å². The van der Waals surface area contributed by atoms with Gasteiger partial charge in [0.05, 0.1) is 7.11 Å². The zero-order valence-corrected chi connectivity index (χ0v) is 10.6. The van der Waals surface area contributed by atoms with Crippen LogP contribution in [0.15, 0.2) is 0 Å². The van der Waals surface area contributed by atoms with Gasteiger partial charge in [-0.3, -0.25) is 9.59 Å². The van der Waals surface area contributed by atoms with Crippen LogP contribution in [-0.2, 0) is 14.3 Å². The molecular formula is C11H22N2O3. The van der Waals surface area contributed by atoms with E-state index in [1.54, 1.807) is 11.9 Å². The Bertz CT molecular complexity index is 231. The molecule has 0 aromatic heterocycles. The van der Waals surface area contributed by atoms with Crippen LogP contribution in [0.4, 0.5) is 0 Å². The molecule has 0 heterocycles. The van der Waals surface area contributed by atoms with Gasteiger partial charge in [0.1, 0.15) is 6.54 Å². The summed E-state index contributed by atoms with van der Waals surface area (Å²) in [4.78, 5) is 24.7. The van der Waals surface area contributed by atoms with Gasteiger partial charge in [-0.25, -0.2) is 0 Å². The van der Waals surface area contributed by atoms with Crippen molar-refractivity contribution in [2.45, 2.75) is 20.3 Å². The Morgan fingerprint density at radius 3 is 2.50 bits per heavy atom. The van der Waals surface area contributed by atoms with E-state index in [4.69, 9.17) is 0 Å². The van der Waals surface area contributed by atoms with Crippen LogP contribution in [-0.4, -0.2) is 50.6 Å². The zero-order valence-electron chi connectivity index (χ0n) is 10.6. The molecule has 5 heteroatoms. The van der Waals surface area contributed by atoms with Crippen LogP contribution in [0.25, 0.3) is 0 Å². The lowest BCUT2D eigenvalue weighted by atomic mass is 10.1. The first kappa shape index (κ1) is 14.9. The molecule has 0 spiro atoms. The van der Waals surface area contributed by atoms with E-state index in [0.29, 0.717) is 13.1 Å². The second kappa shape index (κ2) is 8.10. The fraction of sp³-hybridized carbons (Fsp3) is 0.818. The molecule has 5 nitrogen and oxygen atoms in total. The zero-order chi connectivity index (χ0) is 12.6. The lowest BCUT2D eigenvalue weighted by Crippen LogP contribution is -2.42. The Kier molecular flexibility index (Phi) is 7.54. The minimum Gasteiger partial charge on any atom is -0.468 e. The molecule has 0 rings (SSSR count). The van der Waals surface area contributed by atoms with Crippen LogP contribution in [0.3, 0.4) is 0 Å². The maximum atomic E-state index is 12.0. The molecule has 0 saturated carbocycles. The van der Waals surface area contributed by atoms with E-state index in [1.165, 1.54) is 7.11 Å². The average Bonchev–Trinajstić information content (AvgIpc) is 2.27. The first-order valence-electron chi connectivity index (χ1n) is 5.57. The van der Waals surface area contributed by atoms with Crippen LogP contribution in [0, 0.1) is 5.92 Å². The van der Waals surface area contributed by atoms with Crippen molar-refractivity contribution in [3.05, 3.63) is 0 Å². The lowest BCUT2D eigenvalue weighted by Gasteiger charge is -2.24. The van der Waals surface area contributed by atoms with Gasteiger partial charge in [-0.1, -0.05) is 13.8 Å². The van der Waals surface area contributed by atoms with Gasteiger partial charge < -0.3 is 15.0 Å². The van der Waals surface area contributed by atoms with E-state index in [0.717, 1.165) is 6.42 Å². The largest absolute Gasteiger partial charge is 0.468 e. The topological polar surface area (TPSA) is 58.6 Å². The molecule has 0 aliphatic carbocycles. The summed E-state index contributed by atoms with van der Waals surface area (Å²) in [5.41, 5.74) is 0. The fourth-order valence-corrected chi connectivity index (χ4v) is 1.46. The van der Waals surface area contributed by atoms with Crippen molar-refractivity contribution in [2.75, 3.05) is 33.8 Å². The standard InChI is InChI=1S/C11H22N2O3/c1-5-6-13(8-10(14)16-4)11(15)9(2)7-12-3/h9,12H,5-8H2,1-4H3. The molecule has 0 bridgehead atoms. The van der Waals surface area contributed by atoms with Gasteiger partial charge in [0.25, 0.3) is 0 Å². The lowest BCUT2D eigenvalue weighted by molar-refractivity contribution is -0.148. The maximum Gasteiger partial charge on any atom is 0.325 e. The SMILES string of the molecule is CCCN(CC(=O)OC)C(=O)C(C)CNC. The highest BCUT2D eigenvalue weighted by Crippen LogP contribution is 2.03. The van der Waals surface area contributed by atoms with Crippen LogP contribution in [0.5, 0.6) is 0 Å². The fourth-order valence-electron chi connectivity index (χ4n) is 1.46. The number of amides is 1. The number of carbonyl (C=O) groups is 2. The molecule has 1 N–H and O–H groups in total. The van der Waals surface area contributed by atoms with Gasteiger partial charge in [-0.2, -0.15) is 0 Å². The maximum absolute atomic E-state index is 12.0. The van der Waals surface area contributed by atoms with E-state index in [9.17, 15) is 9.59 Å². The summed E-state index contributed by atoms with van der Waals surface area (Å²) < 4.78 is 4.57. The predicted octanol–water partition coefficient (Wildman–Crippen LogP) is 0.254. The number of rotatable bonds is 7. The highest BCUT2D eigenvalue weighted by Gasteiger charge is 2.21. The highest BCUT2D eigenvalue weighted by molar-refractivity contribution is 5.83. The molecule has 1 atom stereocenters. The molecule has 0 aromatic rings. The Hall–Kier alpha value is -1.10. The number of carbonyl (C=O) groups excluding carboxylic acids is 2. The van der Waals surface area contributed by atoms with Crippen molar-refractivity contribution in [1.82, 2.24) is 10.2 Å². The van der Waals surface area contributed by atoms with Gasteiger partial charge in [0.2, 0.25) is 5.91 Å². The number of esters is 1. The van der Waals surface area contributed by atoms with Gasteiger partial charge in [-0.05, 0) is 13.5 Å². The number of methoxy groups -OCH3 is 1. The van der Waals surface area contributed by atoms with Gasteiger partial charge in [0.15, 0.2) is 0 Å². The van der Waals surface area contributed by atoms with Crippen molar-refractivity contribution in [1.29, 1.82) is 0 Å². The third-order valence-electron chi connectivity index (χ3n) is 2.28. The molecule has 0 aromatic carbocycles. The smallest absolute Gasteiger partial charge is 0.325 e. The molecule has 0 radical (unpaired) electrons. The Morgan fingerprint density at radius 2 is 2.06 bits per heavy atom. The molecule has 0 aliphatic rings. The van der Waals surface area contributed by atoms with E-state index in [1.807, 2.05) is 13.8 Å². The summed E-state index contributed by atoms with van der Waals surface area (Å²) in [6.45, 7) is 5.05. The van der Waals surface area contributed by atoms with Crippen LogP contribution in [0.2, 0.25) is 0 Å². The Labute approximate surface area is 97.1 Å². The monoisotopic (exact) mass is 230 g/mol. The number of ether oxygens (including phenoxy) is 1. The molecule has 16 heavy (non-hydrogen) atoms. The number of nitrogens with zero attached hydrogens (tertiary/aromatic N) is 1. The first-order chi connectivity index (χ1) is 7.56. The summed E-state index contributed by atoms with van der Waals surface area (Å²) in [6.07, 6.45) is 0.828. The quantitative estimate of drug-likeness (QED) is 0.637. The summed E-state index contributed by atoms with van der Waals surface area (Å²) in [5, 5.41) is 2.95. The summed E-state index contributed by atoms with van der Waals surface area (Å²) >= 11 is 0. The van der Waals surface area contributed by atoms with Crippen molar-refractivity contribution >= 4 is 11.9 Å². The minimum atomic E-state index is -0.376. The second-order valence-corrected chi connectivity index (χ2v) is 3.79. The van der Waals surface area contributed by atoms with Crippen LogP contribution in [0.1, 0.15) is 20.3 Å². The van der Waals surface area contributed by atoms with Crippen LogP contribution < -0.4 is 5.32 Å². The second-order valence-electron chi connectivity index (χ2n) is 3.79. The average molecular weight is 230 g/mol. The van der Waals surface area contributed by atoms with Crippen molar-refractivity contribution in [3.8, 4) is 0 Å². The van der Waals surface area contributed by atoms with Gasteiger partial charge in [0, 0.05) is 19.0 Å². The van der Waals surface area contributed by atoms with E-state index < -0.39 is 0 Å². The molecule has 0 fully saturated rings. The van der Waals surface area contributed by atoms with Crippen LogP contribution >= 0.6 is 0 Å². The predicted molar refractivity (Wildman–Crippen MR) is 62.0 cm³/mol. The third kappa shape index (κ3) is 5.11. The van der Waals surface area contributed by atoms with E-state index in [-0.39, 0.29) is 24.3 Å². The minimum absolute atomic E-state index is 0.0124. The molecule has 1 unspecified atom stereocenters. The molecular weight excluding hydrogens is 208 g/mol. The Balaban J connectivity index is 4.38. The Morgan fingerprint density at radius 1 is 1.44 bits per heavy atom. The van der Waals surface area contributed by atoms with E-state index >= 15 is 0 Å². The van der Waals surface area contributed by atoms with Gasteiger partial charge >= 0.3 is 5.97 Å². The third-order valence-corrected chi connectivity index (χ3v) is 2.28. The van der Waals surface area contributed by atoms with Crippen molar-refractivity contribution in [2.24, 2.45) is 5.92 Å². The molecule has 1 amide bonds. The molecule has 0 aliphatic heterocycles. The number of hydrogen-bond donors (Lipinski definition) is 1.